The Morgan fingerprint density at radius 1 is 1.15 bits per heavy atom. The average Bonchev–Trinajstić information content (AvgIpc) is 3.10. The van der Waals surface area contributed by atoms with Gasteiger partial charge in [0.15, 0.2) is 0 Å². The van der Waals surface area contributed by atoms with Crippen molar-refractivity contribution in [1.29, 1.82) is 5.26 Å². The Morgan fingerprint density at radius 2 is 1.97 bits per heavy atom. The summed E-state index contributed by atoms with van der Waals surface area (Å²) < 4.78 is 2.14. The second-order valence-corrected chi connectivity index (χ2v) is 7.55. The summed E-state index contributed by atoms with van der Waals surface area (Å²) in [5, 5.41) is 26.3. The second kappa shape index (κ2) is 9.40. The topological polar surface area (TPSA) is 116 Å². The lowest BCUT2D eigenvalue weighted by molar-refractivity contribution is 0.0698. The van der Waals surface area contributed by atoms with Gasteiger partial charge in [0.05, 0.1) is 16.8 Å². The van der Waals surface area contributed by atoms with E-state index in [0.717, 1.165) is 22.2 Å². The summed E-state index contributed by atoms with van der Waals surface area (Å²) in [7, 11) is 0. The van der Waals surface area contributed by atoms with Crippen molar-refractivity contribution >= 4 is 28.4 Å². The molecule has 4 aromatic rings. The quantitative estimate of drug-likeness (QED) is 0.369. The number of aromatic carboxylic acids is 1. The maximum atomic E-state index is 11.5. The molecule has 0 atom stereocenters. The molecule has 8 heteroatoms. The van der Waals surface area contributed by atoms with Crippen molar-refractivity contribution in [3.8, 4) is 17.3 Å². The number of aromatic nitrogens is 3. The molecule has 0 saturated heterocycles. The predicted octanol–water partition coefficient (Wildman–Crippen LogP) is 4.52. The van der Waals surface area contributed by atoms with Crippen LogP contribution in [0.4, 0.5) is 11.5 Å². The fourth-order valence-electron chi connectivity index (χ4n) is 3.99. The van der Waals surface area contributed by atoms with E-state index in [-0.39, 0.29) is 5.56 Å². The molecular formula is C25H24N6O2. The first-order valence-electron chi connectivity index (χ1n) is 10.7. The Kier molecular flexibility index (Phi) is 6.22. The molecule has 0 bridgehead atoms. The van der Waals surface area contributed by atoms with Crippen LogP contribution in [0, 0.1) is 18.3 Å². The largest absolute Gasteiger partial charge is 0.478 e. The number of fused-ring (bicyclic) bond motifs is 1. The van der Waals surface area contributed by atoms with Gasteiger partial charge in [0.2, 0.25) is 0 Å². The molecule has 0 saturated carbocycles. The number of carboxylic acid groups (broad SMARTS) is 1. The normalized spacial score (nSPS) is 10.7. The first kappa shape index (κ1) is 21.8. The lowest BCUT2D eigenvalue weighted by atomic mass is 10.1. The Hall–Kier alpha value is -4.38. The van der Waals surface area contributed by atoms with Crippen molar-refractivity contribution in [3.63, 3.8) is 0 Å². The summed E-state index contributed by atoms with van der Waals surface area (Å²) in [5.41, 5.74) is 4.95. The number of carboxylic acids is 1. The lowest BCUT2D eigenvalue weighted by Crippen LogP contribution is -2.12. The molecule has 0 unspecified atom stereocenters. The van der Waals surface area contributed by atoms with E-state index < -0.39 is 5.97 Å². The van der Waals surface area contributed by atoms with E-state index in [1.54, 1.807) is 18.2 Å². The highest BCUT2D eigenvalue weighted by molar-refractivity contribution is 5.95. The smallest absolute Gasteiger partial charge is 0.337 e. The van der Waals surface area contributed by atoms with Crippen LogP contribution in [0.5, 0.6) is 0 Å². The fourth-order valence-corrected chi connectivity index (χ4v) is 3.99. The fraction of sp³-hybridized carbons (Fsp3) is 0.200. The van der Waals surface area contributed by atoms with E-state index in [2.05, 4.69) is 31.2 Å². The Morgan fingerprint density at radius 3 is 2.73 bits per heavy atom. The molecule has 0 amide bonds. The summed E-state index contributed by atoms with van der Waals surface area (Å²) in [4.78, 5) is 20.1. The third-order valence-electron chi connectivity index (χ3n) is 5.56. The van der Waals surface area contributed by atoms with Gasteiger partial charge < -0.3 is 20.3 Å². The molecule has 0 spiro atoms. The minimum absolute atomic E-state index is 0.221. The van der Waals surface area contributed by atoms with Crippen LogP contribution in [0.3, 0.4) is 0 Å². The first-order valence-corrected chi connectivity index (χ1v) is 10.7. The van der Waals surface area contributed by atoms with Crippen molar-refractivity contribution in [2.45, 2.75) is 20.4 Å². The number of anilines is 2. The van der Waals surface area contributed by atoms with Gasteiger partial charge in [-0.25, -0.2) is 14.8 Å². The van der Waals surface area contributed by atoms with E-state index in [9.17, 15) is 15.2 Å². The standard InChI is InChI=1S/C25H24N6O2/c1-3-27-22-12-17(8-9-19(22)25(32)33)21-13-24(30-15-29-21)28-10-11-31-16(2)20(14-26)18-6-4-5-7-23(18)31/h4-9,12-13,15,27H,3,10-11H2,1-2H3,(H,32,33)(H,28,29,30). The number of hydrogen-bond donors (Lipinski definition) is 3. The Bertz CT molecular complexity index is 1370. The molecule has 0 aliphatic heterocycles. The highest BCUT2D eigenvalue weighted by Crippen LogP contribution is 2.27. The summed E-state index contributed by atoms with van der Waals surface area (Å²) in [6.45, 7) is 5.78. The SMILES string of the molecule is CCNc1cc(-c2cc(NCCn3c(C)c(C#N)c4ccccc43)ncn2)ccc1C(=O)O. The van der Waals surface area contributed by atoms with Crippen LogP contribution in [-0.2, 0) is 6.54 Å². The number of para-hydroxylation sites is 1. The molecule has 0 fully saturated rings. The highest BCUT2D eigenvalue weighted by Gasteiger charge is 2.14. The van der Waals surface area contributed by atoms with Gasteiger partial charge in [-0.1, -0.05) is 24.3 Å². The number of benzene rings is 2. The zero-order valence-corrected chi connectivity index (χ0v) is 18.5. The molecule has 3 N–H and O–H groups in total. The van der Waals surface area contributed by atoms with Crippen LogP contribution in [-0.4, -0.2) is 38.7 Å². The van der Waals surface area contributed by atoms with Crippen LogP contribution in [0.15, 0.2) is 54.9 Å². The summed E-state index contributed by atoms with van der Waals surface area (Å²) in [6.07, 6.45) is 1.49. The van der Waals surface area contributed by atoms with Crippen LogP contribution in [0.1, 0.15) is 28.5 Å². The second-order valence-electron chi connectivity index (χ2n) is 7.55. The molecule has 2 heterocycles. The Labute approximate surface area is 191 Å². The van der Waals surface area contributed by atoms with E-state index in [1.807, 2.05) is 44.2 Å². The lowest BCUT2D eigenvalue weighted by Gasteiger charge is -2.12. The molecule has 0 aliphatic rings. The number of nitrogens with zero attached hydrogens (tertiary/aromatic N) is 4. The molecule has 4 rings (SSSR count). The minimum Gasteiger partial charge on any atom is -0.478 e. The van der Waals surface area contributed by atoms with Crippen molar-refractivity contribution in [2.75, 3.05) is 23.7 Å². The van der Waals surface area contributed by atoms with Gasteiger partial charge in [-0.05, 0) is 32.0 Å². The summed E-state index contributed by atoms with van der Waals surface area (Å²) in [5.74, 6) is -0.308. The molecule has 166 valence electrons. The highest BCUT2D eigenvalue weighted by atomic mass is 16.4. The van der Waals surface area contributed by atoms with E-state index in [0.29, 0.717) is 42.4 Å². The molecular weight excluding hydrogens is 416 g/mol. The monoisotopic (exact) mass is 440 g/mol. The number of nitrogens with one attached hydrogen (secondary N) is 2. The zero-order valence-electron chi connectivity index (χ0n) is 18.5. The van der Waals surface area contributed by atoms with E-state index >= 15 is 0 Å². The van der Waals surface area contributed by atoms with Gasteiger partial charge in [0, 0.05) is 53.5 Å². The van der Waals surface area contributed by atoms with Crippen molar-refractivity contribution in [2.24, 2.45) is 0 Å². The van der Waals surface area contributed by atoms with Gasteiger partial charge in [-0.15, -0.1) is 0 Å². The van der Waals surface area contributed by atoms with Crippen molar-refractivity contribution in [1.82, 2.24) is 14.5 Å². The van der Waals surface area contributed by atoms with Gasteiger partial charge in [0.1, 0.15) is 18.2 Å². The third kappa shape index (κ3) is 4.34. The molecule has 33 heavy (non-hydrogen) atoms. The summed E-state index contributed by atoms with van der Waals surface area (Å²) >= 11 is 0. The van der Waals surface area contributed by atoms with Crippen molar-refractivity contribution < 1.29 is 9.90 Å². The molecule has 2 aromatic heterocycles. The van der Waals surface area contributed by atoms with Gasteiger partial charge in [-0.2, -0.15) is 5.26 Å². The molecule has 0 aliphatic carbocycles. The number of nitriles is 1. The van der Waals surface area contributed by atoms with E-state index in [1.165, 1.54) is 6.33 Å². The Balaban J connectivity index is 1.53. The average molecular weight is 441 g/mol. The number of rotatable bonds is 8. The maximum absolute atomic E-state index is 11.5. The van der Waals surface area contributed by atoms with Crippen LogP contribution >= 0.6 is 0 Å². The molecule has 8 nitrogen and oxygen atoms in total. The van der Waals surface area contributed by atoms with Crippen LogP contribution in [0.2, 0.25) is 0 Å². The van der Waals surface area contributed by atoms with Crippen LogP contribution < -0.4 is 10.6 Å². The maximum Gasteiger partial charge on any atom is 0.337 e. The third-order valence-corrected chi connectivity index (χ3v) is 5.56. The van der Waals surface area contributed by atoms with Gasteiger partial charge in [-0.3, -0.25) is 0 Å². The first-order chi connectivity index (χ1) is 16.0. The van der Waals surface area contributed by atoms with Gasteiger partial charge in [0.25, 0.3) is 0 Å². The molecule has 2 aromatic carbocycles. The predicted molar refractivity (Wildman–Crippen MR) is 128 cm³/mol. The number of carbonyl (C=O) groups is 1. The molecule has 0 radical (unpaired) electrons. The van der Waals surface area contributed by atoms with Gasteiger partial charge >= 0.3 is 5.97 Å². The minimum atomic E-state index is -0.977. The summed E-state index contributed by atoms with van der Waals surface area (Å²) in [6, 6.07) is 17.2. The van der Waals surface area contributed by atoms with Crippen molar-refractivity contribution in [3.05, 3.63) is 71.7 Å². The van der Waals surface area contributed by atoms with Crippen LogP contribution in [0.25, 0.3) is 22.2 Å². The zero-order chi connectivity index (χ0) is 23.4. The van der Waals surface area contributed by atoms with E-state index in [4.69, 9.17) is 0 Å². The number of hydrogen-bond acceptors (Lipinski definition) is 6.